The van der Waals surface area contributed by atoms with Gasteiger partial charge in [0.15, 0.2) is 12.1 Å². The number of nitrogens with zero attached hydrogens (tertiary/aromatic N) is 1. The number of aldehydes is 1. The van der Waals surface area contributed by atoms with Gasteiger partial charge >= 0.3 is 0 Å². The van der Waals surface area contributed by atoms with Crippen LogP contribution in [0.1, 0.15) is 37.7 Å². The molecule has 0 spiro atoms. The molecule has 0 radical (unpaired) electrons. The van der Waals surface area contributed by atoms with Gasteiger partial charge in [-0.1, -0.05) is 12.1 Å². The molecule has 2 aromatic rings. The van der Waals surface area contributed by atoms with Crippen LogP contribution in [0.3, 0.4) is 0 Å². The van der Waals surface area contributed by atoms with E-state index in [-0.39, 0.29) is 22.6 Å². The highest BCUT2D eigenvalue weighted by atomic mass is 16.3. The number of benzene rings is 1. The van der Waals surface area contributed by atoms with E-state index in [4.69, 9.17) is 0 Å². The van der Waals surface area contributed by atoms with Crippen molar-refractivity contribution in [1.29, 1.82) is 0 Å². The summed E-state index contributed by atoms with van der Waals surface area (Å²) in [4.78, 5) is 27.5. The van der Waals surface area contributed by atoms with Gasteiger partial charge in [0.1, 0.15) is 11.4 Å². The molecule has 0 aliphatic heterocycles. The molecule has 0 saturated carbocycles. The number of phenols is 1. The average molecular weight is 255 g/mol. The summed E-state index contributed by atoms with van der Waals surface area (Å²) in [6.07, 6.45) is 0.555. The van der Waals surface area contributed by atoms with Crippen molar-refractivity contribution >= 4 is 12.1 Å². The zero-order valence-corrected chi connectivity index (χ0v) is 10.7. The van der Waals surface area contributed by atoms with Crippen molar-refractivity contribution in [3.05, 3.63) is 58.4 Å². The fourth-order valence-electron chi connectivity index (χ4n) is 1.81. The van der Waals surface area contributed by atoms with Gasteiger partial charge in [0.05, 0.1) is 11.1 Å². The Kier molecular flexibility index (Phi) is 3.42. The van der Waals surface area contributed by atoms with Crippen LogP contribution in [0.5, 0.6) is 5.75 Å². The monoisotopic (exact) mass is 255 g/mol. The molecule has 96 valence electrons. The van der Waals surface area contributed by atoms with E-state index in [2.05, 4.69) is 4.98 Å². The highest BCUT2D eigenvalue weighted by Gasteiger charge is 2.18. The number of ketones is 1. The lowest BCUT2D eigenvalue weighted by molar-refractivity contribution is 0.102. The molecule has 0 amide bonds. The number of carbonyl (C=O) groups excluding carboxylic acids is 2. The van der Waals surface area contributed by atoms with E-state index in [9.17, 15) is 14.7 Å². The molecule has 0 unspecified atom stereocenters. The van der Waals surface area contributed by atoms with Gasteiger partial charge in [0.2, 0.25) is 0 Å². The summed E-state index contributed by atoms with van der Waals surface area (Å²) in [6.45, 7) is 3.59. The first-order valence-corrected chi connectivity index (χ1v) is 5.80. The Labute approximate surface area is 110 Å². The Hall–Kier alpha value is -2.49. The van der Waals surface area contributed by atoms with Crippen molar-refractivity contribution < 1.29 is 14.7 Å². The Morgan fingerprint density at radius 1 is 1.21 bits per heavy atom. The van der Waals surface area contributed by atoms with Crippen molar-refractivity contribution in [2.75, 3.05) is 0 Å². The zero-order chi connectivity index (χ0) is 14.0. The largest absolute Gasteiger partial charge is 0.507 e. The van der Waals surface area contributed by atoms with Crippen LogP contribution in [0, 0.1) is 13.8 Å². The van der Waals surface area contributed by atoms with Crippen LogP contribution in [0.4, 0.5) is 0 Å². The lowest BCUT2D eigenvalue weighted by atomic mass is 9.99. The fraction of sp³-hybridized carbons (Fsp3) is 0.133. The third kappa shape index (κ3) is 2.38. The van der Waals surface area contributed by atoms with Crippen molar-refractivity contribution in [2.24, 2.45) is 0 Å². The van der Waals surface area contributed by atoms with Crippen molar-refractivity contribution in [1.82, 2.24) is 4.98 Å². The summed E-state index contributed by atoms with van der Waals surface area (Å²) in [5.41, 5.74) is 1.99. The van der Waals surface area contributed by atoms with Crippen molar-refractivity contribution in [3.8, 4) is 5.75 Å². The van der Waals surface area contributed by atoms with E-state index < -0.39 is 5.78 Å². The summed E-state index contributed by atoms with van der Waals surface area (Å²) in [5.74, 6) is -0.515. The molecule has 1 heterocycles. The van der Waals surface area contributed by atoms with Gasteiger partial charge in [0.25, 0.3) is 0 Å². The summed E-state index contributed by atoms with van der Waals surface area (Å²) in [5, 5.41) is 9.70. The first-order valence-electron chi connectivity index (χ1n) is 5.80. The average Bonchev–Trinajstić information content (AvgIpc) is 2.41. The number of rotatable bonds is 3. The third-order valence-electron chi connectivity index (χ3n) is 3.00. The Balaban J connectivity index is 2.59. The molecule has 1 aromatic heterocycles. The number of para-hydroxylation sites is 1. The summed E-state index contributed by atoms with van der Waals surface area (Å²) >= 11 is 0. The molecular weight excluding hydrogens is 242 g/mol. The predicted molar refractivity (Wildman–Crippen MR) is 70.6 cm³/mol. The predicted octanol–water partition coefficient (Wildman–Crippen LogP) is 2.45. The van der Waals surface area contributed by atoms with Crippen LogP contribution in [-0.4, -0.2) is 22.2 Å². The molecule has 0 atom stereocenters. The Morgan fingerprint density at radius 3 is 2.53 bits per heavy atom. The molecule has 4 heteroatoms. The lowest BCUT2D eigenvalue weighted by Crippen LogP contribution is -2.09. The fourth-order valence-corrected chi connectivity index (χ4v) is 1.81. The molecule has 0 aliphatic carbocycles. The minimum absolute atomic E-state index is 0.0938. The molecule has 4 nitrogen and oxygen atoms in total. The smallest absolute Gasteiger partial charge is 0.199 e. The standard InChI is InChI=1S/C15H13NO3/c1-9-7-12(13(8-17)16-10(9)2)15(19)11-5-3-4-6-14(11)18/h3-8,18H,1-2H3. The van der Waals surface area contributed by atoms with Crippen molar-refractivity contribution in [3.63, 3.8) is 0 Å². The van der Waals surface area contributed by atoms with Gasteiger partial charge in [-0.25, -0.2) is 4.98 Å². The lowest BCUT2D eigenvalue weighted by Gasteiger charge is -2.08. The summed E-state index contributed by atoms with van der Waals surface area (Å²) < 4.78 is 0. The Morgan fingerprint density at radius 2 is 1.89 bits per heavy atom. The van der Waals surface area contributed by atoms with Gasteiger partial charge in [-0.05, 0) is 37.6 Å². The first-order chi connectivity index (χ1) is 9.04. The maximum absolute atomic E-state index is 12.4. The molecule has 1 N–H and O–H groups in total. The SMILES string of the molecule is Cc1cc(C(=O)c2ccccc2O)c(C=O)nc1C. The van der Waals surface area contributed by atoms with E-state index in [1.54, 1.807) is 25.1 Å². The van der Waals surface area contributed by atoms with Crippen molar-refractivity contribution in [2.45, 2.75) is 13.8 Å². The van der Waals surface area contributed by atoms with Crippen LogP contribution < -0.4 is 0 Å². The second-order valence-corrected chi connectivity index (χ2v) is 4.29. The molecule has 1 aromatic carbocycles. The number of pyridine rings is 1. The van der Waals surface area contributed by atoms with E-state index in [0.29, 0.717) is 12.0 Å². The molecular formula is C15H13NO3. The summed E-state index contributed by atoms with van der Waals surface area (Å²) in [6, 6.07) is 7.86. The highest BCUT2D eigenvalue weighted by Crippen LogP contribution is 2.22. The second-order valence-electron chi connectivity index (χ2n) is 4.29. The second kappa shape index (κ2) is 5.02. The quantitative estimate of drug-likeness (QED) is 0.675. The van der Waals surface area contributed by atoms with Crippen LogP contribution in [0.2, 0.25) is 0 Å². The maximum Gasteiger partial charge on any atom is 0.199 e. The van der Waals surface area contributed by atoms with Gasteiger partial charge in [-0.3, -0.25) is 9.59 Å². The number of carbonyl (C=O) groups is 2. The number of hydrogen-bond donors (Lipinski definition) is 1. The topological polar surface area (TPSA) is 67.3 Å². The Bertz CT molecular complexity index is 662. The van der Waals surface area contributed by atoms with Gasteiger partial charge in [0, 0.05) is 5.69 Å². The number of aromatic hydroxyl groups is 1. The molecule has 0 saturated heterocycles. The van der Waals surface area contributed by atoms with Crippen LogP contribution >= 0.6 is 0 Å². The minimum atomic E-state index is -0.407. The zero-order valence-electron chi connectivity index (χ0n) is 10.7. The normalized spacial score (nSPS) is 10.2. The van der Waals surface area contributed by atoms with Crippen LogP contribution in [-0.2, 0) is 0 Å². The molecule has 0 bridgehead atoms. The van der Waals surface area contributed by atoms with Gasteiger partial charge in [-0.15, -0.1) is 0 Å². The number of aromatic nitrogens is 1. The van der Waals surface area contributed by atoms with Crippen LogP contribution in [0.25, 0.3) is 0 Å². The van der Waals surface area contributed by atoms with E-state index in [1.165, 1.54) is 12.1 Å². The van der Waals surface area contributed by atoms with Gasteiger partial charge in [-0.2, -0.15) is 0 Å². The van der Waals surface area contributed by atoms with E-state index in [1.807, 2.05) is 6.92 Å². The molecule has 0 fully saturated rings. The number of aryl methyl sites for hydroxylation is 2. The third-order valence-corrected chi connectivity index (χ3v) is 3.00. The molecule has 19 heavy (non-hydrogen) atoms. The number of phenolic OH excluding ortho intramolecular Hbond substituents is 1. The number of hydrogen-bond acceptors (Lipinski definition) is 4. The molecule has 0 aliphatic rings. The first kappa shape index (κ1) is 13.0. The van der Waals surface area contributed by atoms with E-state index >= 15 is 0 Å². The summed E-state index contributed by atoms with van der Waals surface area (Å²) in [7, 11) is 0. The maximum atomic E-state index is 12.4. The highest BCUT2D eigenvalue weighted by molar-refractivity contribution is 6.13. The van der Waals surface area contributed by atoms with E-state index in [0.717, 1.165) is 5.56 Å². The molecule has 2 rings (SSSR count). The minimum Gasteiger partial charge on any atom is -0.507 e. The van der Waals surface area contributed by atoms with Crippen LogP contribution in [0.15, 0.2) is 30.3 Å². The van der Waals surface area contributed by atoms with Gasteiger partial charge < -0.3 is 5.11 Å².